The lowest BCUT2D eigenvalue weighted by atomic mass is 9.84. The number of likely N-dealkylation sites (N-methyl/N-ethyl adjacent to an activating group) is 2. The molecule has 1 aromatic rings. The Hall–Kier alpha value is -3.10. The largest absolute Gasteiger partial charge is 0.471 e. The Morgan fingerprint density at radius 1 is 1.37 bits per heavy atom. The second-order valence-electron chi connectivity index (χ2n) is 10.5. The Morgan fingerprint density at radius 2 is 2.08 bits per heavy atom. The number of anilines is 1. The van der Waals surface area contributed by atoms with Crippen LogP contribution >= 0.6 is 0 Å². The molecular weight excluding hydrogens is 505 g/mol. The number of ether oxygens (including phenoxy) is 1. The SMILES string of the molecule is CCC1(NC)CCN(C2(N3C(C(N)=O)=COC3c3ccnc(NCC(F)(F)F)c3)CN(C)NC2(C)C)C1=O. The Morgan fingerprint density at radius 3 is 2.61 bits per heavy atom. The maximum Gasteiger partial charge on any atom is 0.405 e. The molecule has 3 atom stereocenters. The zero-order valence-electron chi connectivity index (χ0n) is 22.1. The Labute approximate surface area is 219 Å². The van der Waals surface area contributed by atoms with Crippen LogP contribution in [0.4, 0.5) is 19.0 Å². The van der Waals surface area contributed by atoms with E-state index in [0.717, 1.165) is 0 Å². The van der Waals surface area contributed by atoms with Crippen molar-refractivity contribution in [2.45, 2.75) is 62.8 Å². The van der Waals surface area contributed by atoms with E-state index >= 15 is 0 Å². The highest BCUT2D eigenvalue weighted by Gasteiger charge is 2.67. The van der Waals surface area contributed by atoms with Crippen molar-refractivity contribution in [2.75, 3.05) is 39.0 Å². The fourth-order valence-electron chi connectivity index (χ4n) is 5.98. The number of nitrogens with zero attached hydrogens (tertiary/aromatic N) is 4. The number of hydrogen-bond acceptors (Lipinski definition) is 9. The first kappa shape index (κ1) is 27.9. The van der Waals surface area contributed by atoms with Gasteiger partial charge in [0.1, 0.15) is 24.3 Å². The molecule has 2 saturated heterocycles. The fourth-order valence-corrected chi connectivity index (χ4v) is 5.98. The molecule has 0 bridgehead atoms. The van der Waals surface area contributed by atoms with E-state index in [1.165, 1.54) is 18.5 Å². The zero-order valence-corrected chi connectivity index (χ0v) is 22.1. The average Bonchev–Trinajstić information content (AvgIpc) is 3.49. The number of rotatable bonds is 8. The van der Waals surface area contributed by atoms with E-state index in [1.54, 1.807) is 22.9 Å². The predicted octanol–water partition coefficient (Wildman–Crippen LogP) is 1.24. The van der Waals surface area contributed by atoms with Gasteiger partial charge in [0.2, 0.25) is 5.91 Å². The van der Waals surface area contributed by atoms with Gasteiger partial charge in [-0.3, -0.25) is 14.5 Å². The summed E-state index contributed by atoms with van der Waals surface area (Å²) in [5, 5.41) is 7.32. The monoisotopic (exact) mass is 540 g/mol. The number of carbonyl (C=O) groups is 2. The number of carbonyl (C=O) groups excluding carboxylic acids is 2. The van der Waals surface area contributed by atoms with Gasteiger partial charge in [0.15, 0.2) is 11.9 Å². The molecule has 0 aromatic carbocycles. The van der Waals surface area contributed by atoms with E-state index in [2.05, 4.69) is 21.0 Å². The Balaban J connectivity index is 1.84. The molecule has 3 aliphatic heterocycles. The first-order valence-electron chi connectivity index (χ1n) is 12.4. The van der Waals surface area contributed by atoms with Gasteiger partial charge in [-0.2, -0.15) is 13.2 Å². The molecule has 0 radical (unpaired) electrons. The van der Waals surface area contributed by atoms with Crippen molar-refractivity contribution in [3.05, 3.63) is 35.9 Å². The third-order valence-corrected chi connectivity index (χ3v) is 7.87. The lowest BCUT2D eigenvalue weighted by molar-refractivity contribution is -0.161. The summed E-state index contributed by atoms with van der Waals surface area (Å²) in [6, 6.07) is 3.03. The summed E-state index contributed by atoms with van der Waals surface area (Å²) >= 11 is 0. The van der Waals surface area contributed by atoms with Crippen LogP contribution in [0.1, 0.15) is 45.4 Å². The van der Waals surface area contributed by atoms with Crippen molar-refractivity contribution >= 4 is 17.6 Å². The summed E-state index contributed by atoms with van der Waals surface area (Å²) < 4.78 is 44.4. The summed E-state index contributed by atoms with van der Waals surface area (Å²) in [7, 11) is 3.59. The van der Waals surface area contributed by atoms with E-state index in [4.69, 9.17) is 10.5 Å². The summed E-state index contributed by atoms with van der Waals surface area (Å²) in [5.41, 5.74) is 6.93. The van der Waals surface area contributed by atoms with Crippen LogP contribution in [0.25, 0.3) is 0 Å². The number of amides is 2. The Bertz CT molecular complexity index is 1120. The molecule has 0 spiro atoms. The van der Waals surface area contributed by atoms with Gasteiger partial charge in [-0.15, -0.1) is 0 Å². The number of likely N-dealkylation sites (tertiary alicyclic amines) is 1. The number of halogens is 3. The molecule has 5 N–H and O–H groups in total. The molecule has 0 aliphatic carbocycles. The van der Waals surface area contributed by atoms with Gasteiger partial charge in [-0.25, -0.2) is 15.4 Å². The van der Waals surface area contributed by atoms with Crippen LogP contribution in [0, 0.1) is 0 Å². The van der Waals surface area contributed by atoms with Gasteiger partial charge in [0.25, 0.3) is 5.91 Å². The number of alkyl halides is 3. The molecular formula is C24H35F3N8O3. The normalized spacial score (nSPS) is 29.5. The van der Waals surface area contributed by atoms with Crippen molar-refractivity contribution in [1.29, 1.82) is 0 Å². The van der Waals surface area contributed by atoms with Crippen LogP contribution in [0.2, 0.25) is 0 Å². The van der Waals surface area contributed by atoms with Crippen molar-refractivity contribution in [1.82, 2.24) is 30.5 Å². The molecule has 38 heavy (non-hydrogen) atoms. The number of nitrogens with one attached hydrogen (secondary N) is 3. The number of nitrogens with two attached hydrogens (primary N) is 1. The van der Waals surface area contributed by atoms with E-state index in [9.17, 15) is 22.8 Å². The van der Waals surface area contributed by atoms with Gasteiger partial charge >= 0.3 is 6.18 Å². The third kappa shape index (κ3) is 4.43. The van der Waals surface area contributed by atoms with E-state index in [0.29, 0.717) is 24.9 Å². The molecule has 210 valence electrons. The van der Waals surface area contributed by atoms with Gasteiger partial charge < -0.3 is 26.0 Å². The second kappa shape index (κ2) is 9.58. The highest BCUT2D eigenvalue weighted by molar-refractivity contribution is 5.93. The minimum Gasteiger partial charge on any atom is -0.471 e. The predicted molar refractivity (Wildman–Crippen MR) is 133 cm³/mol. The van der Waals surface area contributed by atoms with Gasteiger partial charge in [-0.05, 0) is 45.9 Å². The number of hydrogen-bond donors (Lipinski definition) is 4. The van der Waals surface area contributed by atoms with E-state index in [-0.39, 0.29) is 24.0 Å². The van der Waals surface area contributed by atoms with Crippen molar-refractivity contribution in [2.24, 2.45) is 5.73 Å². The number of primary amides is 1. The quantitative estimate of drug-likeness (QED) is 0.385. The van der Waals surface area contributed by atoms with Crippen LogP contribution in [0.15, 0.2) is 30.3 Å². The molecule has 1 aromatic heterocycles. The van der Waals surface area contributed by atoms with Gasteiger partial charge in [0.05, 0.1) is 17.6 Å². The topological polar surface area (TPSA) is 128 Å². The maximum absolute atomic E-state index is 14.1. The van der Waals surface area contributed by atoms with Crippen molar-refractivity contribution < 1.29 is 27.5 Å². The lowest BCUT2D eigenvalue weighted by Gasteiger charge is -2.54. The van der Waals surface area contributed by atoms with Crippen molar-refractivity contribution in [3.63, 3.8) is 0 Å². The smallest absolute Gasteiger partial charge is 0.405 e. The Kier molecular flexibility index (Phi) is 7.04. The molecule has 2 amide bonds. The second-order valence-corrected chi connectivity index (χ2v) is 10.5. The molecule has 4 heterocycles. The average molecular weight is 541 g/mol. The van der Waals surface area contributed by atoms with Gasteiger partial charge in [-0.1, -0.05) is 6.92 Å². The molecule has 11 nitrogen and oxygen atoms in total. The molecule has 3 unspecified atom stereocenters. The first-order valence-corrected chi connectivity index (χ1v) is 12.4. The van der Waals surface area contributed by atoms with E-state index < -0.39 is 41.6 Å². The minimum atomic E-state index is -4.43. The lowest BCUT2D eigenvalue weighted by Crippen LogP contribution is -2.73. The standard InChI is InChI=1S/C24H35F3N8O3/c1-6-22(29-4)8-10-34(20(22)37)23(14-33(5)32-21(23,2)3)35-16(18(28)36)12-38-19(35)15-7-9-30-17(11-15)31-13-24(25,26)27/h7,9,11-12,19,29,32H,6,8,10,13-14H2,1-5H3,(H2,28,36)(H,30,31). The summed E-state index contributed by atoms with van der Waals surface area (Å²) in [5.74, 6) is -0.892. The maximum atomic E-state index is 14.1. The highest BCUT2D eigenvalue weighted by Crippen LogP contribution is 2.49. The van der Waals surface area contributed by atoms with Crippen LogP contribution in [-0.2, 0) is 14.3 Å². The molecule has 2 fully saturated rings. The zero-order chi connectivity index (χ0) is 28.1. The number of hydrazine groups is 1. The fraction of sp³-hybridized carbons (Fsp3) is 0.625. The summed E-state index contributed by atoms with van der Waals surface area (Å²) in [6.07, 6.45) is -1.68. The third-order valence-electron chi connectivity index (χ3n) is 7.87. The van der Waals surface area contributed by atoms with Crippen LogP contribution in [0.3, 0.4) is 0 Å². The molecule has 14 heteroatoms. The minimum absolute atomic E-state index is 0.0108. The van der Waals surface area contributed by atoms with Crippen LogP contribution < -0.4 is 21.8 Å². The summed E-state index contributed by atoms with van der Waals surface area (Å²) in [4.78, 5) is 34.3. The highest BCUT2D eigenvalue weighted by atomic mass is 19.4. The van der Waals surface area contributed by atoms with Crippen LogP contribution in [0.5, 0.6) is 0 Å². The first-order chi connectivity index (χ1) is 17.7. The molecule has 0 saturated carbocycles. The number of pyridine rings is 1. The number of aromatic nitrogens is 1. The molecule has 4 rings (SSSR count). The summed E-state index contributed by atoms with van der Waals surface area (Å²) in [6.45, 7) is 5.20. The molecule has 3 aliphatic rings. The van der Waals surface area contributed by atoms with Crippen LogP contribution in [-0.4, -0.2) is 88.3 Å². The van der Waals surface area contributed by atoms with E-state index in [1.807, 2.05) is 32.8 Å². The van der Waals surface area contributed by atoms with Gasteiger partial charge in [0, 0.05) is 25.4 Å². The van der Waals surface area contributed by atoms with Crippen molar-refractivity contribution in [3.8, 4) is 0 Å².